The minimum Gasteiger partial charge on any atom is -0.383 e. The molecule has 2 aromatic heterocycles. The zero-order chi connectivity index (χ0) is 25.2. The van der Waals surface area contributed by atoms with Gasteiger partial charge >= 0.3 is 12.2 Å². The number of halogens is 3. The molecule has 4 N–H and O–H groups in total. The maximum absolute atomic E-state index is 13.1. The summed E-state index contributed by atoms with van der Waals surface area (Å²) in [7, 11) is 4.21. The van der Waals surface area contributed by atoms with E-state index in [2.05, 4.69) is 15.6 Å². The van der Waals surface area contributed by atoms with Gasteiger partial charge in [-0.25, -0.2) is 9.78 Å². The third-order valence-electron chi connectivity index (χ3n) is 5.83. The molecule has 3 rings (SSSR count). The second-order valence-electron chi connectivity index (χ2n) is 8.02. The number of aryl methyl sites for hydroxylation is 1. The summed E-state index contributed by atoms with van der Waals surface area (Å²) in [6, 6.07) is 1.41. The molecule has 0 radical (unpaired) electrons. The van der Waals surface area contributed by atoms with Crippen LogP contribution in [-0.2, 0) is 13.2 Å². The molecule has 0 bridgehead atoms. The number of nitrogens with one attached hydrogen (secondary N) is 2. The number of urea groups is 1. The number of nitrogens with zero attached hydrogens (tertiary/aromatic N) is 4. The minimum absolute atomic E-state index is 0.120. The smallest absolute Gasteiger partial charge is 0.383 e. The number of carbonyl (C=O) groups is 2. The lowest BCUT2D eigenvalue weighted by Crippen LogP contribution is -2.47. The van der Waals surface area contributed by atoms with Crippen molar-refractivity contribution in [3.8, 4) is 0 Å². The Labute approximate surface area is 193 Å². The average molecular weight is 481 g/mol. The third-order valence-corrected chi connectivity index (χ3v) is 5.83. The Hall–Kier alpha value is -3.77. The molecule has 1 aliphatic heterocycles. The topological polar surface area (TPSA) is 126 Å². The van der Waals surface area contributed by atoms with E-state index in [1.165, 1.54) is 26.0 Å². The first-order chi connectivity index (χ1) is 15.9. The molecule has 2 aromatic rings. The molecule has 184 valence electrons. The Morgan fingerprint density at radius 3 is 2.47 bits per heavy atom. The molecule has 0 aromatic carbocycles. The first-order valence-electron chi connectivity index (χ1n) is 10.5. The highest BCUT2D eigenvalue weighted by Gasteiger charge is 2.33. The minimum atomic E-state index is -4.65. The SMILES string of the molecule is CNC(=O)c1cc(N2CCC(N(C)C(=O)Nc3cc(C(F)(F)F)cn(C)c3=O)CC2)cnc1N. The highest BCUT2D eigenvalue weighted by molar-refractivity contribution is 5.99. The lowest BCUT2D eigenvalue weighted by atomic mass is 10.0. The summed E-state index contributed by atoms with van der Waals surface area (Å²) in [5, 5.41) is 4.82. The van der Waals surface area contributed by atoms with Crippen LogP contribution in [0.3, 0.4) is 0 Å². The molecule has 1 saturated heterocycles. The first-order valence-corrected chi connectivity index (χ1v) is 10.5. The van der Waals surface area contributed by atoms with E-state index in [4.69, 9.17) is 5.73 Å². The predicted octanol–water partition coefficient (Wildman–Crippen LogP) is 1.87. The lowest BCUT2D eigenvalue weighted by Gasteiger charge is -2.37. The molecule has 3 amide bonds. The van der Waals surface area contributed by atoms with Crippen molar-refractivity contribution in [3.63, 3.8) is 0 Å². The summed E-state index contributed by atoms with van der Waals surface area (Å²) < 4.78 is 40.0. The highest BCUT2D eigenvalue weighted by Crippen LogP contribution is 2.30. The van der Waals surface area contributed by atoms with E-state index < -0.39 is 29.0 Å². The van der Waals surface area contributed by atoms with E-state index >= 15 is 0 Å². The summed E-state index contributed by atoms with van der Waals surface area (Å²) in [5.41, 5.74) is 4.54. The van der Waals surface area contributed by atoms with E-state index in [0.717, 1.165) is 4.57 Å². The van der Waals surface area contributed by atoms with Gasteiger partial charge in [0.25, 0.3) is 11.5 Å². The van der Waals surface area contributed by atoms with Crippen LogP contribution in [0.5, 0.6) is 0 Å². The van der Waals surface area contributed by atoms with E-state index in [1.807, 2.05) is 4.90 Å². The van der Waals surface area contributed by atoms with Crippen LogP contribution in [0.1, 0.15) is 28.8 Å². The maximum Gasteiger partial charge on any atom is 0.417 e. The summed E-state index contributed by atoms with van der Waals surface area (Å²) in [5.74, 6) is -0.228. The number of nitrogens with two attached hydrogens (primary N) is 1. The normalized spacial score (nSPS) is 14.6. The number of hydrogen-bond donors (Lipinski definition) is 3. The van der Waals surface area contributed by atoms with Crippen molar-refractivity contribution in [2.75, 3.05) is 43.1 Å². The molecule has 0 saturated carbocycles. The fraction of sp³-hybridized carbons (Fsp3) is 0.429. The van der Waals surface area contributed by atoms with Crippen LogP contribution in [0, 0.1) is 0 Å². The van der Waals surface area contributed by atoms with Gasteiger partial charge in [-0.05, 0) is 25.0 Å². The molecule has 3 heterocycles. The van der Waals surface area contributed by atoms with Crippen LogP contribution < -0.4 is 26.8 Å². The van der Waals surface area contributed by atoms with Crippen molar-refractivity contribution in [1.82, 2.24) is 19.8 Å². The van der Waals surface area contributed by atoms with Crippen LogP contribution in [0.2, 0.25) is 0 Å². The molecule has 0 atom stereocenters. The molecule has 0 spiro atoms. The van der Waals surface area contributed by atoms with Crippen molar-refractivity contribution < 1.29 is 22.8 Å². The van der Waals surface area contributed by atoms with E-state index in [9.17, 15) is 27.6 Å². The Bertz CT molecular complexity index is 1140. The Balaban J connectivity index is 1.67. The van der Waals surface area contributed by atoms with E-state index in [0.29, 0.717) is 43.9 Å². The Kier molecular flexibility index (Phi) is 7.03. The summed E-state index contributed by atoms with van der Waals surface area (Å²) in [6.07, 6.45) is -1.28. The fourth-order valence-electron chi connectivity index (χ4n) is 3.79. The van der Waals surface area contributed by atoms with Gasteiger partial charge in [0.2, 0.25) is 0 Å². The summed E-state index contributed by atoms with van der Waals surface area (Å²) in [4.78, 5) is 44.3. The monoisotopic (exact) mass is 481 g/mol. The Morgan fingerprint density at radius 1 is 1.24 bits per heavy atom. The van der Waals surface area contributed by atoms with Gasteiger partial charge in [0, 0.05) is 46.5 Å². The third kappa shape index (κ3) is 5.24. The number of hydrogen-bond acceptors (Lipinski definition) is 6. The number of nitrogen functional groups attached to an aromatic ring is 1. The molecule has 0 unspecified atom stereocenters. The number of carbonyl (C=O) groups excluding carboxylic acids is 2. The molecule has 13 heteroatoms. The first kappa shape index (κ1) is 24.9. The van der Waals surface area contributed by atoms with Crippen LogP contribution in [0.15, 0.2) is 29.3 Å². The highest BCUT2D eigenvalue weighted by atomic mass is 19.4. The number of piperidine rings is 1. The van der Waals surface area contributed by atoms with Crippen LogP contribution >= 0.6 is 0 Å². The fourth-order valence-corrected chi connectivity index (χ4v) is 3.79. The van der Waals surface area contributed by atoms with E-state index in [1.54, 1.807) is 12.3 Å². The number of alkyl halides is 3. The van der Waals surface area contributed by atoms with Gasteiger partial charge in [-0.15, -0.1) is 0 Å². The second kappa shape index (κ2) is 9.61. The van der Waals surface area contributed by atoms with Crippen LogP contribution in [0.25, 0.3) is 0 Å². The van der Waals surface area contributed by atoms with Crippen LogP contribution in [0.4, 0.5) is 35.2 Å². The van der Waals surface area contributed by atoms with Gasteiger partial charge in [0.05, 0.1) is 23.0 Å². The lowest BCUT2D eigenvalue weighted by molar-refractivity contribution is -0.138. The van der Waals surface area contributed by atoms with Crippen molar-refractivity contribution in [2.24, 2.45) is 7.05 Å². The zero-order valence-corrected chi connectivity index (χ0v) is 18.9. The maximum atomic E-state index is 13.1. The number of anilines is 3. The number of rotatable bonds is 4. The molecule has 1 fully saturated rings. The number of aromatic nitrogens is 2. The summed E-state index contributed by atoms with van der Waals surface area (Å²) in [6.45, 7) is 1.10. The quantitative estimate of drug-likeness (QED) is 0.612. The van der Waals surface area contributed by atoms with Crippen molar-refractivity contribution >= 4 is 29.1 Å². The van der Waals surface area contributed by atoms with Crippen molar-refractivity contribution in [1.29, 1.82) is 0 Å². The zero-order valence-electron chi connectivity index (χ0n) is 18.9. The van der Waals surface area contributed by atoms with Crippen molar-refractivity contribution in [2.45, 2.75) is 25.1 Å². The number of pyridine rings is 2. The summed E-state index contributed by atoms with van der Waals surface area (Å²) >= 11 is 0. The van der Waals surface area contributed by atoms with Gasteiger partial charge in [-0.1, -0.05) is 0 Å². The van der Waals surface area contributed by atoms with Gasteiger partial charge in [-0.3, -0.25) is 9.59 Å². The molecular formula is C21H26F3N7O3. The van der Waals surface area contributed by atoms with Gasteiger partial charge < -0.3 is 30.7 Å². The number of amides is 3. The molecule has 1 aliphatic rings. The van der Waals surface area contributed by atoms with Crippen molar-refractivity contribution in [3.05, 3.63) is 46.0 Å². The van der Waals surface area contributed by atoms with Gasteiger partial charge in [-0.2, -0.15) is 13.2 Å². The standard InChI is InChI=1S/C21H26F3N7O3/c1-26-18(32)15-9-14(10-27-17(15)25)31-6-4-13(5-7-31)30(3)20(34)28-16-8-12(21(22,23)24)11-29(2)19(16)33/h8-11,13H,4-7H2,1-3H3,(H2,25,27)(H,26,32)(H,28,34). The van der Waals surface area contributed by atoms with Gasteiger partial charge in [0.15, 0.2) is 0 Å². The molecule has 0 aliphatic carbocycles. The predicted molar refractivity (Wildman–Crippen MR) is 121 cm³/mol. The Morgan fingerprint density at radius 2 is 1.88 bits per heavy atom. The second-order valence-corrected chi connectivity index (χ2v) is 8.02. The molecular weight excluding hydrogens is 455 g/mol. The molecule has 10 nitrogen and oxygen atoms in total. The average Bonchev–Trinajstić information content (AvgIpc) is 2.80. The largest absolute Gasteiger partial charge is 0.417 e. The van der Waals surface area contributed by atoms with Gasteiger partial charge in [0.1, 0.15) is 11.5 Å². The molecule has 34 heavy (non-hydrogen) atoms. The van der Waals surface area contributed by atoms with E-state index in [-0.39, 0.29) is 23.3 Å². The van der Waals surface area contributed by atoms with Crippen LogP contribution in [-0.4, -0.2) is 59.6 Å².